The first-order valence-electron chi connectivity index (χ1n) is 11.4. The van der Waals surface area contributed by atoms with E-state index in [0.29, 0.717) is 24.0 Å². The van der Waals surface area contributed by atoms with Crippen molar-refractivity contribution >= 4 is 23.6 Å². The Morgan fingerprint density at radius 1 is 1.06 bits per heavy atom. The lowest BCUT2D eigenvalue weighted by Gasteiger charge is -2.27. The van der Waals surface area contributed by atoms with Crippen LogP contribution in [0.4, 0.5) is 5.69 Å². The van der Waals surface area contributed by atoms with Crippen LogP contribution in [-0.2, 0) is 16.1 Å². The van der Waals surface area contributed by atoms with E-state index in [4.69, 9.17) is 6.57 Å². The van der Waals surface area contributed by atoms with Gasteiger partial charge in [0.15, 0.2) is 5.88 Å². The van der Waals surface area contributed by atoms with E-state index in [1.807, 2.05) is 19.9 Å². The number of aromatic nitrogens is 1. The number of imide groups is 1. The highest BCUT2D eigenvalue weighted by Crippen LogP contribution is 2.31. The third-order valence-corrected chi connectivity index (χ3v) is 5.89. The average molecular weight is 463 g/mol. The molecule has 1 aliphatic rings. The summed E-state index contributed by atoms with van der Waals surface area (Å²) in [7, 11) is 0. The van der Waals surface area contributed by atoms with Crippen LogP contribution in [0, 0.1) is 24.8 Å². The summed E-state index contributed by atoms with van der Waals surface area (Å²) in [4.78, 5) is 43.1. The van der Waals surface area contributed by atoms with Gasteiger partial charge in [0.2, 0.25) is 5.69 Å². The van der Waals surface area contributed by atoms with Crippen molar-refractivity contribution in [3.63, 3.8) is 0 Å². The molecule has 0 unspecified atom stereocenters. The average Bonchev–Trinajstić information content (AvgIpc) is 2.81. The Morgan fingerprint density at radius 3 is 2.32 bits per heavy atom. The van der Waals surface area contributed by atoms with Crippen LogP contribution in [-0.4, -0.2) is 32.9 Å². The molecule has 0 fully saturated rings. The fourth-order valence-electron chi connectivity index (χ4n) is 3.80. The van der Waals surface area contributed by atoms with Gasteiger partial charge in [-0.15, -0.1) is 0 Å². The van der Waals surface area contributed by atoms with Crippen LogP contribution in [0.25, 0.3) is 10.9 Å². The minimum atomic E-state index is -0.586. The van der Waals surface area contributed by atoms with Gasteiger partial charge in [0.25, 0.3) is 17.4 Å². The first kappa shape index (κ1) is 26.3. The molecule has 0 bridgehead atoms. The Bertz CT molecular complexity index is 1220. The predicted molar refractivity (Wildman–Crippen MR) is 130 cm³/mol. The maximum atomic E-state index is 13.0. The monoisotopic (exact) mass is 462 g/mol. The number of nitrogens with zero attached hydrogens (tertiary/aromatic N) is 4. The molecule has 2 amide bonds. The van der Waals surface area contributed by atoms with E-state index < -0.39 is 17.4 Å². The molecule has 34 heavy (non-hydrogen) atoms. The summed E-state index contributed by atoms with van der Waals surface area (Å²) < 4.78 is 1.19. The lowest BCUT2D eigenvalue weighted by Crippen LogP contribution is -2.43. The Labute approximate surface area is 199 Å². The summed E-state index contributed by atoms with van der Waals surface area (Å²) in [5.41, 5.74) is 0.577. The van der Waals surface area contributed by atoms with Gasteiger partial charge in [0, 0.05) is 24.2 Å². The van der Waals surface area contributed by atoms with Gasteiger partial charge >= 0.3 is 0 Å². The van der Waals surface area contributed by atoms with Gasteiger partial charge in [-0.25, -0.2) is 4.85 Å². The molecule has 0 radical (unpaired) electrons. The molecule has 1 N–H and O–H groups in total. The number of hydrogen-bond donors (Lipinski definition) is 1. The van der Waals surface area contributed by atoms with Crippen molar-refractivity contribution in [3.05, 3.63) is 61.8 Å². The zero-order valence-corrected chi connectivity index (χ0v) is 20.1. The standard InChI is InChI=1S/C26H30N4O4/c1-6-8-10-15-29-23(31)19(17(3)21(16-27)25(29)33)12-11-13-20-18(4)22(28-5)26(34)30(24(20)32)14-9-7-2/h11-13,34H,6-10,14-15H2,1-4H3. The number of allylic oxidation sites excluding steroid dienone is 2. The third kappa shape index (κ3) is 5.18. The van der Waals surface area contributed by atoms with Crippen molar-refractivity contribution in [2.24, 2.45) is 0 Å². The van der Waals surface area contributed by atoms with E-state index in [0.717, 1.165) is 24.2 Å². The van der Waals surface area contributed by atoms with Gasteiger partial charge in [0.05, 0.1) is 6.57 Å². The highest BCUT2D eigenvalue weighted by Gasteiger charge is 2.34. The molecular formula is C26H30N4O4. The number of pyridine rings is 1. The summed E-state index contributed by atoms with van der Waals surface area (Å²) >= 11 is 0. The van der Waals surface area contributed by atoms with Crippen LogP contribution in [0.2, 0.25) is 0 Å². The number of rotatable bonds is 9. The van der Waals surface area contributed by atoms with Gasteiger partial charge in [0.1, 0.15) is 11.6 Å². The van der Waals surface area contributed by atoms with Gasteiger partial charge in [-0.2, -0.15) is 5.26 Å². The molecule has 0 saturated heterocycles. The summed E-state index contributed by atoms with van der Waals surface area (Å²) in [6, 6.07) is 1.91. The molecule has 1 aliphatic heterocycles. The van der Waals surface area contributed by atoms with Crippen LogP contribution >= 0.6 is 0 Å². The van der Waals surface area contributed by atoms with Crippen molar-refractivity contribution in [1.82, 2.24) is 9.47 Å². The molecule has 0 saturated carbocycles. The number of unbranched alkanes of at least 4 members (excludes halogenated alkanes) is 3. The number of amides is 2. The van der Waals surface area contributed by atoms with E-state index in [9.17, 15) is 24.8 Å². The molecule has 8 heteroatoms. The number of aromatic hydroxyl groups is 1. The first-order valence-corrected chi connectivity index (χ1v) is 11.4. The number of carbonyl (C=O) groups is 2. The number of carbonyl (C=O) groups excluding carboxylic acids is 2. The zero-order valence-electron chi connectivity index (χ0n) is 20.1. The molecular weight excluding hydrogens is 432 g/mol. The Balaban J connectivity index is 2.54. The highest BCUT2D eigenvalue weighted by atomic mass is 16.3. The minimum Gasteiger partial charge on any atom is -0.503 e. The Morgan fingerprint density at radius 2 is 1.74 bits per heavy atom. The first-order chi connectivity index (χ1) is 16.2. The lowest BCUT2D eigenvalue weighted by molar-refractivity contribution is -0.140. The Kier molecular flexibility index (Phi) is 9.15. The van der Waals surface area contributed by atoms with Crippen molar-refractivity contribution in [2.75, 3.05) is 6.54 Å². The molecule has 0 aromatic carbocycles. The predicted octanol–water partition coefficient (Wildman–Crippen LogP) is 4.55. The van der Waals surface area contributed by atoms with E-state index in [1.165, 1.54) is 22.8 Å². The smallest absolute Gasteiger partial charge is 0.271 e. The van der Waals surface area contributed by atoms with Crippen LogP contribution in [0.5, 0.6) is 5.88 Å². The molecule has 8 nitrogen and oxygen atoms in total. The van der Waals surface area contributed by atoms with Crippen LogP contribution < -0.4 is 5.56 Å². The van der Waals surface area contributed by atoms with E-state index in [2.05, 4.69) is 4.85 Å². The molecule has 178 valence electrons. The van der Waals surface area contributed by atoms with E-state index in [-0.39, 0.29) is 41.4 Å². The largest absolute Gasteiger partial charge is 0.503 e. The van der Waals surface area contributed by atoms with Crippen molar-refractivity contribution < 1.29 is 14.7 Å². The Hall–Kier alpha value is -3.91. The minimum absolute atomic E-state index is 0.00675. The molecule has 2 rings (SSSR count). The number of hydrogen-bond acceptors (Lipinski definition) is 5. The van der Waals surface area contributed by atoms with Crippen molar-refractivity contribution in [3.8, 4) is 11.9 Å². The molecule has 1 aromatic rings. The second-order valence-electron chi connectivity index (χ2n) is 8.15. The van der Waals surface area contributed by atoms with Gasteiger partial charge in [-0.3, -0.25) is 23.9 Å². The van der Waals surface area contributed by atoms with Gasteiger partial charge in [-0.1, -0.05) is 45.3 Å². The fraction of sp³-hybridized carbons (Fsp3) is 0.423. The van der Waals surface area contributed by atoms with E-state index in [1.54, 1.807) is 13.8 Å². The van der Waals surface area contributed by atoms with Crippen LogP contribution in [0.3, 0.4) is 0 Å². The van der Waals surface area contributed by atoms with Crippen molar-refractivity contribution in [1.29, 1.82) is 5.26 Å². The zero-order chi connectivity index (χ0) is 25.4. The maximum absolute atomic E-state index is 13.0. The van der Waals surface area contributed by atoms with Gasteiger partial charge in [-0.05, 0) is 43.9 Å². The number of nitriles is 1. The summed E-state index contributed by atoms with van der Waals surface area (Å²) in [5.74, 6) is -1.41. The quantitative estimate of drug-likeness (QED) is 0.251. The summed E-state index contributed by atoms with van der Waals surface area (Å²) in [5, 5.41) is 19.9. The molecule has 0 atom stereocenters. The maximum Gasteiger partial charge on any atom is 0.271 e. The second-order valence-corrected chi connectivity index (χ2v) is 8.15. The molecule has 2 heterocycles. The fourth-order valence-corrected chi connectivity index (χ4v) is 3.80. The second kappa shape index (κ2) is 11.8. The van der Waals surface area contributed by atoms with Crippen LogP contribution in [0.1, 0.15) is 64.0 Å². The topological polar surface area (TPSA) is 108 Å². The summed E-state index contributed by atoms with van der Waals surface area (Å²) in [6.07, 6.45) is 8.39. The summed E-state index contributed by atoms with van der Waals surface area (Å²) in [6.45, 7) is 15.0. The molecule has 0 spiro atoms. The normalized spacial score (nSPS) is 15.4. The highest BCUT2D eigenvalue weighted by molar-refractivity contribution is 6.18. The molecule has 0 aliphatic carbocycles. The SMILES string of the molecule is [C-]#[N+]c1c(C)c(C=CC=C2C(=O)N(CCCCC)C(=O)C(C#N)=C2C)c(=O)n(CCCC)c1O. The van der Waals surface area contributed by atoms with E-state index >= 15 is 0 Å². The van der Waals surface area contributed by atoms with Crippen molar-refractivity contribution in [2.45, 2.75) is 66.3 Å². The van der Waals surface area contributed by atoms with Crippen LogP contribution in [0.15, 0.2) is 33.7 Å². The third-order valence-electron chi connectivity index (χ3n) is 5.89. The lowest BCUT2D eigenvalue weighted by atomic mass is 9.94. The molecule has 1 aromatic heterocycles. The van der Waals surface area contributed by atoms with Gasteiger partial charge < -0.3 is 5.11 Å².